The van der Waals surface area contributed by atoms with Crippen LogP contribution in [0.5, 0.6) is 0 Å². The molecule has 0 unspecified atom stereocenters. The Morgan fingerprint density at radius 1 is 0.902 bits per heavy atom. The summed E-state index contributed by atoms with van der Waals surface area (Å²) in [4.78, 5) is 54.2. The number of hydrogen-bond donors (Lipinski definition) is 0. The molecule has 0 aromatic rings. The lowest BCUT2D eigenvalue weighted by Crippen LogP contribution is -2.66. The molecule has 0 amide bonds. The molecule has 9 heteroatoms. The highest BCUT2D eigenvalue weighted by Crippen LogP contribution is 2.70. The van der Waals surface area contributed by atoms with Crippen molar-refractivity contribution in [2.24, 2.45) is 33.5 Å². The second-order valence-electron chi connectivity index (χ2n) is 16.7. The minimum atomic E-state index is -2.32. The predicted octanol–water partition coefficient (Wildman–Crippen LogP) is 6.00. The first-order chi connectivity index (χ1) is 18.5. The Labute approximate surface area is 247 Å². The lowest BCUT2D eigenvalue weighted by Gasteiger charge is -2.60. The van der Waals surface area contributed by atoms with Crippen LogP contribution in [0.25, 0.3) is 0 Å². The van der Waals surface area contributed by atoms with E-state index in [1.54, 1.807) is 41.5 Å². The number of Topliss-reactive ketones (excluding diaryl/α,β-unsaturated/α-hetero) is 2. The largest absolute Gasteiger partial charge is 0.461 e. The van der Waals surface area contributed by atoms with Gasteiger partial charge in [-0.3, -0.25) is 19.2 Å². The molecule has 3 saturated carbocycles. The van der Waals surface area contributed by atoms with Gasteiger partial charge in [-0.25, -0.2) is 0 Å². The molecule has 4 fully saturated rings. The van der Waals surface area contributed by atoms with E-state index >= 15 is 0 Å². The summed E-state index contributed by atoms with van der Waals surface area (Å²) in [7, 11) is -2.32. The normalized spacial score (nSPS) is 37.5. The smallest absolute Gasteiger partial charge is 0.313 e. The van der Waals surface area contributed by atoms with Crippen LogP contribution in [0, 0.1) is 33.5 Å². The average Bonchev–Trinajstić information content (AvgIpc) is 3.25. The highest BCUT2D eigenvalue weighted by atomic mass is 28.4. The number of esters is 2. The molecular formula is C32H52O8Si. The van der Waals surface area contributed by atoms with Crippen molar-refractivity contribution >= 4 is 31.8 Å². The van der Waals surface area contributed by atoms with Crippen LogP contribution in [-0.4, -0.2) is 56.4 Å². The maximum absolute atomic E-state index is 14.2. The molecule has 0 N–H and O–H groups in total. The zero-order valence-electron chi connectivity index (χ0n) is 27.3. The van der Waals surface area contributed by atoms with E-state index in [1.165, 1.54) is 0 Å². The number of ether oxygens (including phenoxy) is 3. The molecular weight excluding hydrogens is 540 g/mol. The Kier molecular flexibility index (Phi) is 7.87. The zero-order valence-corrected chi connectivity index (χ0v) is 28.3. The van der Waals surface area contributed by atoms with Gasteiger partial charge in [0, 0.05) is 25.2 Å². The molecule has 41 heavy (non-hydrogen) atoms. The molecule has 1 heterocycles. The van der Waals surface area contributed by atoms with Crippen LogP contribution in [0.2, 0.25) is 18.1 Å². The first-order valence-corrected chi connectivity index (χ1v) is 18.2. The molecule has 0 aromatic heterocycles. The van der Waals surface area contributed by atoms with Gasteiger partial charge in [0.25, 0.3) is 0 Å². The summed E-state index contributed by atoms with van der Waals surface area (Å²) in [6.45, 7) is 23.6. The number of rotatable bonds is 5. The van der Waals surface area contributed by atoms with Gasteiger partial charge in [-0.15, -0.1) is 0 Å². The summed E-state index contributed by atoms with van der Waals surface area (Å²) < 4.78 is 25.8. The third-order valence-electron chi connectivity index (χ3n) is 10.8. The van der Waals surface area contributed by atoms with Crippen molar-refractivity contribution < 1.29 is 37.8 Å². The summed E-state index contributed by atoms with van der Waals surface area (Å²) in [5.74, 6) is -1.44. The van der Waals surface area contributed by atoms with Crippen molar-refractivity contribution in [2.75, 3.05) is 0 Å². The third kappa shape index (κ3) is 5.15. The van der Waals surface area contributed by atoms with E-state index in [0.29, 0.717) is 19.3 Å². The molecule has 1 aliphatic heterocycles. The molecule has 4 rings (SSSR count). The molecule has 8 nitrogen and oxygen atoms in total. The lowest BCUT2D eigenvalue weighted by atomic mass is 9.47. The first kappa shape index (κ1) is 32.3. The average molecular weight is 593 g/mol. The summed E-state index contributed by atoms with van der Waals surface area (Å²) in [6, 6.07) is 0. The van der Waals surface area contributed by atoms with Gasteiger partial charge in [0.2, 0.25) is 6.29 Å². The van der Waals surface area contributed by atoms with E-state index in [2.05, 4.69) is 40.8 Å². The van der Waals surface area contributed by atoms with Crippen LogP contribution < -0.4 is 0 Å². The maximum atomic E-state index is 14.2. The fraction of sp³-hybridized carbons (Fsp3) is 0.875. The topological polar surface area (TPSA) is 105 Å². The Morgan fingerprint density at radius 2 is 1.46 bits per heavy atom. The van der Waals surface area contributed by atoms with Crippen molar-refractivity contribution in [2.45, 2.75) is 144 Å². The van der Waals surface area contributed by atoms with Crippen LogP contribution in [0.1, 0.15) is 101 Å². The summed E-state index contributed by atoms with van der Waals surface area (Å²) in [5.41, 5.74) is -3.50. The minimum absolute atomic E-state index is 0.0781. The Morgan fingerprint density at radius 3 is 1.98 bits per heavy atom. The van der Waals surface area contributed by atoms with E-state index < -0.39 is 72.4 Å². The fourth-order valence-corrected chi connectivity index (χ4v) is 8.79. The molecule has 232 valence electrons. The van der Waals surface area contributed by atoms with Crippen LogP contribution in [0.3, 0.4) is 0 Å². The molecule has 0 radical (unpaired) electrons. The Hall–Kier alpha value is -1.58. The van der Waals surface area contributed by atoms with Gasteiger partial charge in [0.15, 0.2) is 14.1 Å². The number of carbonyl (C=O) groups is 4. The number of hydrogen-bond acceptors (Lipinski definition) is 8. The predicted molar refractivity (Wildman–Crippen MR) is 156 cm³/mol. The second-order valence-corrected chi connectivity index (χ2v) is 21.4. The van der Waals surface area contributed by atoms with Crippen LogP contribution in [-0.2, 0) is 37.8 Å². The van der Waals surface area contributed by atoms with Gasteiger partial charge in [-0.05, 0) is 83.8 Å². The maximum Gasteiger partial charge on any atom is 0.313 e. The van der Waals surface area contributed by atoms with E-state index in [9.17, 15) is 19.2 Å². The second kappa shape index (κ2) is 9.98. The van der Waals surface area contributed by atoms with Crippen molar-refractivity contribution in [3.8, 4) is 0 Å². The number of fused-ring (bicyclic) bond motifs is 1. The Bertz CT molecular complexity index is 1110. The molecule has 8 atom stereocenters. The third-order valence-corrected chi connectivity index (χ3v) is 15.3. The van der Waals surface area contributed by atoms with E-state index in [1.807, 2.05) is 0 Å². The van der Waals surface area contributed by atoms with Gasteiger partial charge in [0.05, 0.1) is 23.0 Å². The first-order valence-electron chi connectivity index (χ1n) is 15.3. The van der Waals surface area contributed by atoms with Crippen LogP contribution in [0.15, 0.2) is 0 Å². The van der Waals surface area contributed by atoms with Crippen molar-refractivity contribution in [1.82, 2.24) is 0 Å². The highest BCUT2D eigenvalue weighted by molar-refractivity contribution is 6.74. The quantitative estimate of drug-likeness (QED) is 0.283. The summed E-state index contributed by atoms with van der Waals surface area (Å²) >= 11 is 0. The van der Waals surface area contributed by atoms with Crippen molar-refractivity contribution in [1.29, 1.82) is 0 Å². The molecule has 3 aliphatic carbocycles. The van der Waals surface area contributed by atoms with E-state index in [4.69, 9.17) is 18.6 Å². The minimum Gasteiger partial charge on any atom is -0.461 e. The van der Waals surface area contributed by atoms with Crippen LogP contribution in [0.4, 0.5) is 0 Å². The number of ketones is 2. The van der Waals surface area contributed by atoms with Gasteiger partial charge in [-0.1, -0.05) is 27.7 Å². The van der Waals surface area contributed by atoms with E-state index in [-0.39, 0.29) is 35.4 Å². The molecule has 2 bridgehead atoms. The zero-order chi connectivity index (χ0) is 31.1. The number of carbonyl (C=O) groups excluding carboxylic acids is 4. The molecule has 1 saturated heterocycles. The SMILES string of the molecule is CC[C@@]12CC(=O)C[C@H](O[Si](C)(C)C(C)(C)C)[C@@H]1[C@H]1[C@@H]3CC(=O)[C@]1([C@@H](OC(=O)C(C)(C)C)O3)[C@H](OC(=O)C(C)(C)C)C2. The summed E-state index contributed by atoms with van der Waals surface area (Å²) in [5, 5.41) is -0.0781. The Balaban J connectivity index is 1.89. The molecule has 4 aliphatic rings. The van der Waals surface area contributed by atoms with Crippen LogP contribution >= 0.6 is 0 Å². The van der Waals surface area contributed by atoms with Gasteiger partial charge in [-0.2, -0.15) is 0 Å². The van der Waals surface area contributed by atoms with Gasteiger partial charge < -0.3 is 18.6 Å². The highest BCUT2D eigenvalue weighted by Gasteiger charge is 2.79. The van der Waals surface area contributed by atoms with Gasteiger partial charge >= 0.3 is 11.9 Å². The fourth-order valence-electron chi connectivity index (χ4n) is 7.45. The van der Waals surface area contributed by atoms with Crippen molar-refractivity contribution in [3.05, 3.63) is 0 Å². The van der Waals surface area contributed by atoms with Gasteiger partial charge in [0.1, 0.15) is 17.3 Å². The monoisotopic (exact) mass is 592 g/mol. The molecule has 0 spiro atoms. The van der Waals surface area contributed by atoms with E-state index in [0.717, 1.165) is 0 Å². The lowest BCUT2D eigenvalue weighted by molar-refractivity contribution is -0.238. The summed E-state index contributed by atoms with van der Waals surface area (Å²) in [6.07, 6.45) is -1.17. The van der Waals surface area contributed by atoms with Crippen molar-refractivity contribution in [3.63, 3.8) is 0 Å². The standard InChI is InChI=1S/C32H52O8Si/c1-13-31-16-18(33)14-20(40-41(11,12)30(8,9)10)23(31)24-19-15-21(34)32(24,22(17-31)38-25(35)28(2,3)4)27(37-19)39-26(36)29(5,6)7/h19-20,22-24,27H,13-17H2,1-12H3/t19-,20-,22+,23+,24+,27+,31-,32-/m0/s1. The molecule has 0 aromatic carbocycles.